The van der Waals surface area contributed by atoms with Crippen LogP contribution in [0.4, 0.5) is 4.79 Å². The Balaban J connectivity index is 1.73. The summed E-state index contributed by atoms with van der Waals surface area (Å²) < 4.78 is 5.06. The molecule has 1 aliphatic carbocycles. The summed E-state index contributed by atoms with van der Waals surface area (Å²) >= 11 is 0. The van der Waals surface area contributed by atoms with E-state index < -0.39 is 0 Å². The minimum absolute atomic E-state index is 0.148. The van der Waals surface area contributed by atoms with E-state index in [1.54, 1.807) is 0 Å². The van der Waals surface area contributed by atoms with Crippen LogP contribution in [0, 0.1) is 5.41 Å². The maximum atomic E-state index is 11.7. The van der Waals surface area contributed by atoms with E-state index in [1.807, 2.05) is 11.8 Å². The molecule has 1 N–H and O–H groups in total. The number of carbonyl (C=O) groups excluding carboxylic acids is 1. The molecule has 1 atom stereocenters. The molecule has 0 aromatic heterocycles. The molecule has 0 aromatic rings. The highest BCUT2D eigenvalue weighted by molar-refractivity contribution is 5.67. The zero-order chi connectivity index (χ0) is 14.6. The maximum Gasteiger partial charge on any atom is 0.409 e. The van der Waals surface area contributed by atoms with Crippen LogP contribution in [0.25, 0.3) is 0 Å². The summed E-state index contributed by atoms with van der Waals surface area (Å²) in [6.45, 7) is 8.73. The molecule has 1 amide bonds. The van der Waals surface area contributed by atoms with Gasteiger partial charge in [0.05, 0.1) is 6.61 Å². The molecule has 4 heteroatoms. The Kier molecular flexibility index (Phi) is 5.30. The van der Waals surface area contributed by atoms with Crippen molar-refractivity contribution >= 4 is 6.09 Å². The lowest BCUT2D eigenvalue weighted by atomic mass is 9.75. The Bertz CT molecular complexity index is 322. The van der Waals surface area contributed by atoms with Gasteiger partial charge in [-0.3, -0.25) is 0 Å². The molecule has 0 radical (unpaired) electrons. The highest BCUT2D eigenvalue weighted by atomic mass is 16.6. The van der Waals surface area contributed by atoms with Crippen molar-refractivity contribution in [2.24, 2.45) is 5.41 Å². The zero-order valence-corrected chi connectivity index (χ0v) is 13.3. The maximum absolute atomic E-state index is 11.7. The van der Waals surface area contributed by atoms with E-state index in [-0.39, 0.29) is 6.09 Å². The SMILES string of the molecule is CCOC(=O)N1CCC(NC2CCCC(C)(C)C2)CC1. The number of nitrogens with zero attached hydrogens (tertiary/aromatic N) is 1. The van der Waals surface area contributed by atoms with Gasteiger partial charge in [-0.25, -0.2) is 4.79 Å². The summed E-state index contributed by atoms with van der Waals surface area (Å²) in [5.41, 5.74) is 0.488. The monoisotopic (exact) mass is 282 g/mol. The van der Waals surface area contributed by atoms with Crippen molar-refractivity contribution in [1.82, 2.24) is 10.2 Å². The second-order valence-corrected chi connectivity index (χ2v) is 7.08. The van der Waals surface area contributed by atoms with Gasteiger partial charge < -0.3 is 15.0 Å². The van der Waals surface area contributed by atoms with E-state index in [0.29, 0.717) is 24.1 Å². The van der Waals surface area contributed by atoms with Crippen molar-refractivity contribution in [2.75, 3.05) is 19.7 Å². The quantitative estimate of drug-likeness (QED) is 0.864. The average molecular weight is 282 g/mol. The number of ether oxygens (including phenoxy) is 1. The van der Waals surface area contributed by atoms with Gasteiger partial charge in [0.1, 0.15) is 0 Å². The molecule has 1 heterocycles. The first kappa shape index (κ1) is 15.6. The first-order valence-electron chi connectivity index (χ1n) is 8.18. The van der Waals surface area contributed by atoms with E-state index in [1.165, 1.54) is 25.7 Å². The van der Waals surface area contributed by atoms with Gasteiger partial charge in [0.2, 0.25) is 0 Å². The molecule has 1 saturated carbocycles. The van der Waals surface area contributed by atoms with Crippen LogP contribution >= 0.6 is 0 Å². The fourth-order valence-corrected chi connectivity index (χ4v) is 3.62. The average Bonchev–Trinajstić information content (AvgIpc) is 2.38. The number of piperidine rings is 1. The summed E-state index contributed by atoms with van der Waals surface area (Å²) in [4.78, 5) is 13.5. The fraction of sp³-hybridized carbons (Fsp3) is 0.938. The van der Waals surface area contributed by atoms with Crippen LogP contribution < -0.4 is 5.32 Å². The van der Waals surface area contributed by atoms with Crippen LogP contribution in [0.3, 0.4) is 0 Å². The van der Waals surface area contributed by atoms with E-state index >= 15 is 0 Å². The van der Waals surface area contributed by atoms with Crippen molar-refractivity contribution in [3.63, 3.8) is 0 Å². The van der Waals surface area contributed by atoms with Crippen molar-refractivity contribution in [1.29, 1.82) is 0 Å². The minimum atomic E-state index is -0.148. The predicted octanol–water partition coefficient (Wildman–Crippen LogP) is 3.17. The number of hydrogen-bond donors (Lipinski definition) is 1. The Morgan fingerprint density at radius 2 is 1.95 bits per heavy atom. The zero-order valence-electron chi connectivity index (χ0n) is 13.3. The molecule has 4 nitrogen and oxygen atoms in total. The summed E-state index contributed by atoms with van der Waals surface area (Å²) in [5, 5.41) is 3.83. The molecular weight excluding hydrogens is 252 g/mol. The first-order valence-corrected chi connectivity index (χ1v) is 8.18. The molecule has 2 aliphatic rings. The van der Waals surface area contributed by atoms with E-state index in [2.05, 4.69) is 19.2 Å². The van der Waals surface area contributed by atoms with Crippen LogP contribution in [0.15, 0.2) is 0 Å². The number of likely N-dealkylation sites (tertiary alicyclic amines) is 1. The van der Waals surface area contributed by atoms with Crippen molar-refractivity contribution in [3.05, 3.63) is 0 Å². The number of hydrogen-bond acceptors (Lipinski definition) is 3. The number of amides is 1. The Hall–Kier alpha value is -0.770. The molecule has 116 valence electrons. The summed E-state index contributed by atoms with van der Waals surface area (Å²) in [6.07, 6.45) is 7.24. The lowest BCUT2D eigenvalue weighted by Gasteiger charge is -2.39. The third-order valence-corrected chi connectivity index (χ3v) is 4.70. The highest BCUT2D eigenvalue weighted by Gasteiger charge is 2.30. The largest absolute Gasteiger partial charge is 0.450 e. The fourth-order valence-electron chi connectivity index (χ4n) is 3.62. The lowest BCUT2D eigenvalue weighted by Crippen LogP contribution is -2.49. The molecule has 2 rings (SSSR count). The number of rotatable bonds is 3. The van der Waals surface area contributed by atoms with E-state index in [4.69, 9.17) is 4.74 Å². The molecule has 0 bridgehead atoms. The van der Waals surface area contributed by atoms with Gasteiger partial charge in [-0.1, -0.05) is 20.3 Å². The van der Waals surface area contributed by atoms with Gasteiger partial charge in [0.15, 0.2) is 0 Å². The summed E-state index contributed by atoms with van der Waals surface area (Å²) in [5.74, 6) is 0. The van der Waals surface area contributed by atoms with Crippen LogP contribution in [0.5, 0.6) is 0 Å². The van der Waals surface area contributed by atoms with Crippen molar-refractivity contribution in [3.8, 4) is 0 Å². The Morgan fingerprint density at radius 1 is 1.25 bits per heavy atom. The van der Waals surface area contributed by atoms with Gasteiger partial charge in [0.25, 0.3) is 0 Å². The van der Waals surface area contributed by atoms with Crippen LogP contribution in [-0.2, 0) is 4.74 Å². The van der Waals surface area contributed by atoms with Gasteiger partial charge in [-0.15, -0.1) is 0 Å². The summed E-state index contributed by atoms with van der Waals surface area (Å²) in [6, 6.07) is 1.23. The van der Waals surface area contributed by atoms with Gasteiger partial charge >= 0.3 is 6.09 Å². The van der Waals surface area contributed by atoms with Crippen molar-refractivity contribution < 1.29 is 9.53 Å². The molecule has 1 saturated heterocycles. The molecular formula is C16H30N2O2. The standard InChI is InChI=1S/C16H30N2O2/c1-4-20-15(19)18-10-7-13(8-11-18)17-14-6-5-9-16(2,3)12-14/h13-14,17H,4-12H2,1-3H3. The van der Waals surface area contributed by atoms with Crippen LogP contribution in [0.2, 0.25) is 0 Å². The second kappa shape index (κ2) is 6.79. The smallest absolute Gasteiger partial charge is 0.409 e. The van der Waals surface area contributed by atoms with Gasteiger partial charge in [-0.2, -0.15) is 0 Å². The van der Waals surface area contributed by atoms with Gasteiger partial charge in [0, 0.05) is 25.2 Å². The topological polar surface area (TPSA) is 41.6 Å². The van der Waals surface area contributed by atoms with Crippen LogP contribution in [-0.4, -0.2) is 42.8 Å². The molecule has 1 unspecified atom stereocenters. The van der Waals surface area contributed by atoms with E-state index in [0.717, 1.165) is 25.9 Å². The second-order valence-electron chi connectivity index (χ2n) is 7.08. The number of carbonyl (C=O) groups is 1. The molecule has 1 aliphatic heterocycles. The third kappa shape index (κ3) is 4.37. The predicted molar refractivity (Wildman–Crippen MR) is 80.8 cm³/mol. The molecule has 0 spiro atoms. The van der Waals surface area contributed by atoms with E-state index in [9.17, 15) is 4.79 Å². The molecule has 2 fully saturated rings. The number of nitrogens with one attached hydrogen (secondary N) is 1. The lowest BCUT2D eigenvalue weighted by molar-refractivity contribution is 0.0919. The first-order chi connectivity index (χ1) is 9.50. The summed E-state index contributed by atoms with van der Waals surface area (Å²) in [7, 11) is 0. The Morgan fingerprint density at radius 3 is 2.55 bits per heavy atom. The molecule has 0 aromatic carbocycles. The highest BCUT2D eigenvalue weighted by Crippen LogP contribution is 2.35. The molecule has 20 heavy (non-hydrogen) atoms. The Labute approximate surface area is 123 Å². The van der Waals surface area contributed by atoms with Crippen molar-refractivity contribution in [2.45, 2.75) is 71.4 Å². The van der Waals surface area contributed by atoms with Crippen LogP contribution in [0.1, 0.15) is 59.3 Å². The van der Waals surface area contributed by atoms with Gasteiger partial charge in [-0.05, 0) is 44.4 Å². The normalized spacial score (nSPS) is 27.4. The minimum Gasteiger partial charge on any atom is -0.450 e. The third-order valence-electron chi connectivity index (χ3n) is 4.70.